The molecule has 0 fully saturated rings. The van der Waals surface area contributed by atoms with Gasteiger partial charge in [-0.15, -0.1) is 0 Å². The highest BCUT2D eigenvalue weighted by molar-refractivity contribution is 7.99. The minimum Gasteiger partial charge on any atom is -0.325 e. The van der Waals surface area contributed by atoms with E-state index in [2.05, 4.69) is 10.3 Å². The maximum atomic E-state index is 12.5. The second kappa shape index (κ2) is 10.1. The summed E-state index contributed by atoms with van der Waals surface area (Å²) >= 11 is 1.34. The molecule has 0 unspecified atom stereocenters. The largest absolute Gasteiger partial charge is 0.325 e. The molecule has 9 heteroatoms. The first-order valence-electron chi connectivity index (χ1n) is 9.96. The molecule has 1 heterocycles. The number of rotatable bonds is 9. The number of benzene rings is 2. The van der Waals surface area contributed by atoms with Crippen molar-refractivity contribution in [1.29, 1.82) is 0 Å². The van der Waals surface area contributed by atoms with Gasteiger partial charge in [0, 0.05) is 25.8 Å². The Hall–Kier alpha value is -2.62. The molecule has 3 rings (SSSR count). The second-order valence-electron chi connectivity index (χ2n) is 6.80. The number of imidazole rings is 1. The number of thioether (sulfide) groups is 1. The van der Waals surface area contributed by atoms with E-state index < -0.39 is 10.0 Å². The van der Waals surface area contributed by atoms with Crippen LogP contribution in [0.4, 0.5) is 5.69 Å². The van der Waals surface area contributed by atoms with Gasteiger partial charge < -0.3 is 9.88 Å². The lowest BCUT2D eigenvalue weighted by atomic mass is 10.2. The topological polar surface area (TPSA) is 84.3 Å². The Labute approximate surface area is 187 Å². The van der Waals surface area contributed by atoms with Crippen molar-refractivity contribution in [2.75, 3.05) is 24.2 Å². The van der Waals surface area contributed by atoms with E-state index in [1.807, 2.05) is 41.9 Å². The first kappa shape index (κ1) is 23.1. The van der Waals surface area contributed by atoms with Gasteiger partial charge in [0.1, 0.15) is 0 Å². The number of carbonyl (C=O) groups is 1. The fraction of sp³-hybridized carbons (Fsp3) is 0.273. The van der Waals surface area contributed by atoms with Crippen LogP contribution in [0.25, 0.3) is 11.3 Å². The van der Waals surface area contributed by atoms with Gasteiger partial charge in [-0.1, -0.05) is 55.9 Å². The quantitative estimate of drug-likeness (QED) is 0.493. The monoisotopic (exact) mass is 458 g/mol. The summed E-state index contributed by atoms with van der Waals surface area (Å²) in [6.45, 7) is 4.43. The van der Waals surface area contributed by atoms with Crippen molar-refractivity contribution < 1.29 is 13.2 Å². The molecule has 0 spiro atoms. The van der Waals surface area contributed by atoms with Gasteiger partial charge in [0.15, 0.2) is 5.16 Å². The van der Waals surface area contributed by atoms with Crippen LogP contribution in [0.15, 0.2) is 70.8 Å². The van der Waals surface area contributed by atoms with Crippen molar-refractivity contribution in [2.24, 2.45) is 7.05 Å². The second-order valence-corrected chi connectivity index (χ2v) is 9.68. The summed E-state index contributed by atoms with van der Waals surface area (Å²) < 4.78 is 28.5. The highest BCUT2D eigenvalue weighted by Gasteiger charge is 2.21. The summed E-state index contributed by atoms with van der Waals surface area (Å²) in [6.07, 6.45) is 1.80. The number of aromatic nitrogens is 2. The van der Waals surface area contributed by atoms with Crippen molar-refractivity contribution in [2.45, 2.75) is 23.9 Å². The molecule has 1 N–H and O–H groups in total. The summed E-state index contributed by atoms with van der Waals surface area (Å²) in [5.74, 6) is 0.00656. The van der Waals surface area contributed by atoms with E-state index >= 15 is 0 Å². The summed E-state index contributed by atoms with van der Waals surface area (Å²) in [7, 11) is -1.59. The van der Waals surface area contributed by atoms with E-state index in [0.717, 1.165) is 16.4 Å². The summed E-state index contributed by atoms with van der Waals surface area (Å²) in [5.41, 5.74) is 2.59. The van der Waals surface area contributed by atoms with Crippen LogP contribution in [0.3, 0.4) is 0 Å². The van der Waals surface area contributed by atoms with Gasteiger partial charge in [-0.05, 0) is 29.8 Å². The minimum atomic E-state index is -3.51. The third-order valence-corrected chi connectivity index (χ3v) is 7.94. The first-order valence-corrected chi connectivity index (χ1v) is 12.4. The van der Waals surface area contributed by atoms with Gasteiger partial charge in [0.25, 0.3) is 0 Å². The maximum Gasteiger partial charge on any atom is 0.243 e. The molecule has 0 bridgehead atoms. The third-order valence-electron chi connectivity index (χ3n) is 4.83. The molecule has 0 saturated heterocycles. The van der Waals surface area contributed by atoms with Gasteiger partial charge in [0.05, 0.1) is 22.5 Å². The zero-order valence-electron chi connectivity index (χ0n) is 17.8. The molecule has 0 aliphatic rings. The van der Waals surface area contributed by atoms with Crippen LogP contribution in [0.5, 0.6) is 0 Å². The van der Waals surface area contributed by atoms with E-state index in [9.17, 15) is 13.2 Å². The molecule has 2 aromatic carbocycles. The van der Waals surface area contributed by atoms with Crippen LogP contribution in [0.1, 0.15) is 13.8 Å². The highest BCUT2D eigenvalue weighted by Crippen LogP contribution is 2.25. The molecular formula is C22H26N4O3S2. The predicted molar refractivity (Wildman–Crippen MR) is 125 cm³/mol. The average Bonchev–Trinajstić information content (AvgIpc) is 3.14. The maximum absolute atomic E-state index is 12.5. The lowest BCUT2D eigenvalue weighted by molar-refractivity contribution is -0.113. The summed E-state index contributed by atoms with van der Waals surface area (Å²) in [6, 6.07) is 16.2. The number of carbonyl (C=O) groups excluding carboxylic acids is 1. The van der Waals surface area contributed by atoms with Crippen LogP contribution in [-0.2, 0) is 21.9 Å². The van der Waals surface area contributed by atoms with E-state index in [0.29, 0.717) is 18.8 Å². The lowest BCUT2D eigenvalue weighted by Gasteiger charge is -2.18. The molecule has 0 aliphatic carbocycles. The Morgan fingerprint density at radius 2 is 1.71 bits per heavy atom. The molecule has 0 atom stereocenters. The zero-order valence-corrected chi connectivity index (χ0v) is 19.4. The van der Waals surface area contributed by atoms with Crippen LogP contribution < -0.4 is 5.32 Å². The molecule has 0 saturated carbocycles. The number of hydrogen-bond donors (Lipinski definition) is 1. The molecule has 3 aromatic rings. The van der Waals surface area contributed by atoms with Gasteiger partial charge in [-0.25, -0.2) is 13.4 Å². The van der Waals surface area contributed by atoms with E-state index in [4.69, 9.17) is 0 Å². The predicted octanol–water partition coefficient (Wildman–Crippen LogP) is 3.85. The van der Waals surface area contributed by atoms with Gasteiger partial charge >= 0.3 is 0 Å². The lowest BCUT2D eigenvalue weighted by Crippen LogP contribution is -2.30. The first-order chi connectivity index (χ1) is 14.9. The van der Waals surface area contributed by atoms with Crippen molar-refractivity contribution in [3.8, 4) is 11.3 Å². The Kier molecular flexibility index (Phi) is 7.53. The van der Waals surface area contributed by atoms with Gasteiger partial charge in [-0.2, -0.15) is 4.31 Å². The highest BCUT2D eigenvalue weighted by atomic mass is 32.2. The molecular weight excluding hydrogens is 432 g/mol. The fourth-order valence-corrected chi connectivity index (χ4v) is 5.36. The number of nitrogens with one attached hydrogen (secondary N) is 1. The van der Waals surface area contributed by atoms with Gasteiger partial charge in [0.2, 0.25) is 15.9 Å². The molecule has 1 aromatic heterocycles. The van der Waals surface area contributed by atoms with Crippen LogP contribution >= 0.6 is 11.8 Å². The molecule has 1 amide bonds. The van der Waals surface area contributed by atoms with Crippen molar-refractivity contribution in [3.63, 3.8) is 0 Å². The van der Waals surface area contributed by atoms with Crippen LogP contribution in [0.2, 0.25) is 0 Å². The van der Waals surface area contributed by atoms with Crippen LogP contribution in [-0.4, -0.2) is 47.0 Å². The number of anilines is 1. The third kappa shape index (κ3) is 5.36. The smallest absolute Gasteiger partial charge is 0.243 e. The van der Waals surface area contributed by atoms with E-state index in [-0.39, 0.29) is 16.6 Å². The molecule has 164 valence electrons. The normalized spacial score (nSPS) is 11.6. The minimum absolute atomic E-state index is 0.186. The summed E-state index contributed by atoms with van der Waals surface area (Å²) in [5, 5.41) is 3.55. The number of hydrogen-bond acceptors (Lipinski definition) is 5. The van der Waals surface area contributed by atoms with Crippen LogP contribution in [0, 0.1) is 0 Å². The number of nitrogens with zero attached hydrogens (tertiary/aromatic N) is 3. The van der Waals surface area contributed by atoms with Crippen molar-refractivity contribution >= 4 is 33.4 Å². The van der Waals surface area contributed by atoms with Crippen molar-refractivity contribution in [1.82, 2.24) is 13.9 Å². The Morgan fingerprint density at radius 3 is 2.32 bits per heavy atom. The molecule has 0 radical (unpaired) electrons. The fourth-order valence-electron chi connectivity index (χ4n) is 3.15. The van der Waals surface area contributed by atoms with Gasteiger partial charge in [-0.3, -0.25) is 4.79 Å². The van der Waals surface area contributed by atoms with Crippen molar-refractivity contribution in [3.05, 3.63) is 60.8 Å². The SMILES string of the molecule is CCN(CC)S(=O)(=O)c1ccc(NC(=O)CSc2ncc(-c3ccccc3)n2C)cc1. The Bertz CT molecular complexity index is 1120. The van der Waals surface area contributed by atoms with E-state index in [1.54, 1.807) is 32.2 Å². The zero-order chi connectivity index (χ0) is 22.4. The number of amides is 1. The van der Waals surface area contributed by atoms with E-state index in [1.165, 1.54) is 28.2 Å². The summed E-state index contributed by atoms with van der Waals surface area (Å²) in [4.78, 5) is 17.0. The Morgan fingerprint density at radius 1 is 1.06 bits per heavy atom. The molecule has 7 nitrogen and oxygen atoms in total. The Balaban J connectivity index is 1.60. The molecule has 0 aliphatic heterocycles. The average molecular weight is 459 g/mol. The molecule has 31 heavy (non-hydrogen) atoms. The standard InChI is InChI=1S/C22H26N4O3S2/c1-4-26(5-2)31(28,29)19-13-11-18(12-14-19)24-21(27)16-30-22-23-15-20(25(22)3)17-9-7-6-8-10-17/h6-15H,4-5,16H2,1-3H3,(H,24,27). The number of sulfonamides is 1.